The Kier molecular flexibility index (Phi) is 3.92. The Balaban J connectivity index is 1.90. The van der Waals surface area contributed by atoms with E-state index in [1.54, 1.807) is 29.5 Å². The summed E-state index contributed by atoms with van der Waals surface area (Å²) in [4.78, 5) is 21.0. The zero-order valence-corrected chi connectivity index (χ0v) is 12.3. The molecule has 7 nitrogen and oxygen atoms in total. The predicted octanol–water partition coefficient (Wildman–Crippen LogP) is 1.91. The van der Waals surface area contributed by atoms with Gasteiger partial charge in [0.25, 0.3) is 0 Å². The lowest BCUT2D eigenvalue weighted by atomic mass is 10.3. The summed E-state index contributed by atoms with van der Waals surface area (Å²) in [5, 5.41) is 0.164. The number of aromatic nitrogens is 7. The van der Waals surface area contributed by atoms with Crippen LogP contribution in [0.5, 0.6) is 0 Å². The van der Waals surface area contributed by atoms with Crippen LogP contribution >= 0.6 is 11.6 Å². The molecule has 3 rings (SSSR count). The molecule has 0 N–H and O–H groups in total. The van der Waals surface area contributed by atoms with Crippen LogP contribution in [0.25, 0.3) is 5.95 Å². The SMILES string of the molecule is CCCn1ccnc1Cc1nc(Cl)nc(-n2ccnc2)n1. The predicted molar refractivity (Wildman–Crippen MR) is 77.3 cm³/mol. The summed E-state index contributed by atoms with van der Waals surface area (Å²) >= 11 is 5.98. The fourth-order valence-electron chi connectivity index (χ4n) is 2.04. The van der Waals surface area contributed by atoms with Crippen molar-refractivity contribution in [1.29, 1.82) is 0 Å². The molecule has 0 aliphatic rings. The van der Waals surface area contributed by atoms with Crippen molar-refractivity contribution in [1.82, 2.24) is 34.1 Å². The smallest absolute Gasteiger partial charge is 0.239 e. The average molecular weight is 304 g/mol. The van der Waals surface area contributed by atoms with Crippen LogP contribution in [0, 0.1) is 0 Å². The Morgan fingerprint density at radius 1 is 1.14 bits per heavy atom. The molecule has 21 heavy (non-hydrogen) atoms. The first-order chi connectivity index (χ1) is 10.3. The second kappa shape index (κ2) is 6.01. The van der Waals surface area contributed by atoms with Gasteiger partial charge in [0.2, 0.25) is 11.2 Å². The highest BCUT2D eigenvalue weighted by Crippen LogP contribution is 2.10. The van der Waals surface area contributed by atoms with Crippen molar-refractivity contribution in [2.75, 3.05) is 0 Å². The summed E-state index contributed by atoms with van der Waals surface area (Å²) in [6.45, 7) is 3.04. The average Bonchev–Trinajstić information content (AvgIpc) is 3.11. The highest BCUT2D eigenvalue weighted by molar-refractivity contribution is 6.28. The van der Waals surface area contributed by atoms with E-state index >= 15 is 0 Å². The Morgan fingerprint density at radius 3 is 2.81 bits per heavy atom. The maximum absolute atomic E-state index is 5.98. The topological polar surface area (TPSA) is 74.3 Å². The van der Waals surface area contributed by atoms with Crippen molar-refractivity contribution in [3.63, 3.8) is 0 Å². The van der Waals surface area contributed by atoms with Gasteiger partial charge in [0, 0.05) is 31.3 Å². The van der Waals surface area contributed by atoms with Gasteiger partial charge in [-0.25, -0.2) is 15.0 Å². The summed E-state index contributed by atoms with van der Waals surface area (Å²) in [5.74, 6) is 1.95. The van der Waals surface area contributed by atoms with E-state index in [1.165, 1.54) is 0 Å². The lowest BCUT2D eigenvalue weighted by molar-refractivity contribution is 0.640. The summed E-state index contributed by atoms with van der Waals surface area (Å²) in [6, 6.07) is 0. The molecular formula is C13H14ClN7. The van der Waals surface area contributed by atoms with Gasteiger partial charge < -0.3 is 4.57 Å². The summed E-state index contributed by atoms with van der Waals surface area (Å²) in [6.07, 6.45) is 10.3. The van der Waals surface area contributed by atoms with E-state index in [-0.39, 0.29) is 5.28 Å². The number of hydrogen-bond acceptors (Lipinski definition) is 5. The zero-order valence-electron chi connectivity index (χ0n) is 11.5. The first-order valence-electron chi connectivity index (χ1n) is 6.65. The molecule has 0 bridgehead atoms. The number of aryl methyl sites for hydroxylation is 1. The Bertz CT molecular complexity index is 720. The van der Waals surface area contributed by atoms with Gasteiger partial charge in [0.05, 0.1) is 6.42 Å². The standard InChI is InChI=1S/C13H14ClN7/c1-2-5-20-7-4-16-11(20)8-10-17-12(14)19-13(18-10)21-6-3-15-9-21/h3-4,6-7,9H,2,5,8H2,1H3. The quantitative estimate of drug-likeness (QED) is 0.720. The normalized spacial score (nSPS) is 11.0. The molecular weight excluding hydrogens is 290 g/mol. The van der Waals surface area contributed by atoms with E-state index in [0.717, 1.165) is 18.8 Å². The molecule has 0 amide bonds. The fraction of sp³-hybridized carbons (Fsp3) is 0.308. The van der Waals surface area contributed by atoms with Crippen LogP contribution in [0.3, 0.4) is 0 Å². The maximum Gasteiger partial charge on any atom is 0.239 e. The van der Waals surface area contributed by atoms with Crippen LogP contribution in [-0.4, -0.2) is 34.1 Å². The molecule has 3 aromatic heterocycles. The molecule has 0 radical (unpaired) electrons. The summed E-state index contributed by atoms with van der Waals surface area (Å²) in [5.41, 5.74) is 0. The van der Waals surface area contributed by atoms with Gasteiger partial charge in [0.1, 0.15) is 18.0 Å². The van der Waals surface area contributed by atoms with Crippen molar-refractivity contribution < 1.29 is 0 Å². The van der Waals surface area contributed by atoms with Gasteiger partial charge in [-0.05, 0) is 18.0 Å². The first kappa shape index (κ1) is 13.7. The van der Waals surface area contributed by atoms with Gasteiger partial charge in [-0.15, -0.1) is 0 Å². The van der Waals surface area contributed by atoms with Gasteiger partial charge in [-0.3, -0.25) is 4.57 Å². The van der Waals surface area contributed by atoms with E-state index in [2.05, 4.69) is 36.4 Å². The Hall–Kier alpha value is -2.28. The lowest BCUT2D eigenvalue weighted by Gasteiger charge is -2.07. The van der Waals surface area contributed by atoms with Crippen LogP contribution in [0.1, 0.15) is 25.0 Å². The Labute approximate surface area is 126 Å². The van der Waals surface area contributed by atoms with E-state index in [0.29, 0.717) is 18.2 Å². The van der Waals surface area contributed by atoms with Crippen molar-refractivity contribution >= 4 is 11.6 Å². The highest BCUT2D eigenvalue weighted by Gasteiger charge is 2.10. The van der Waals surface area contributed by atoms with Crippen LogP contribution in [-0.2, 0) is 13.0 Å². The first-order valence-corrected chi connectivity index (χ1v) is 7.03. The van der Waals surface area contributed by atoms with Crippen LogP contribution in [0.2, 0.25) is 5.28 Å². The molecule has 3 heterocycles. The molecule has 0 saturated carbocycles. The zero-order chi connectivity index (χ0) is 14.7. The number of rotatable bonds is 5. The third-order valence-corrected chi connectivity index (χ3v) is 3.13. The highest BCUT2D eigenvalue weighted by atomic mass is 35.5. The van der Waals surface area contributed by atoms with Gasteiger partial charge in [-0.2, -0.15) is 9.97 Å². The molecule has 0 aliphatic carbocycles. The van der Waals surface area contributed by atoms with E-state index < -0.39 is 0 Å². The lowest BCUT2D eigenvalue weighted by Crippen LogP contribution is -2.09. The number of hydrogen-bond donors (Lipinski definition) is 0. The van der Waals surface area contributed by atoms with E-state index in [9.17, 15) is 0 Å². The molecule has 0 fully saturated rings. The van der Waals surface area contributed by atoms with E-state index in [1.807, 2.05) is 6.20 Å². The molecule has 8 heteroatoms. The van der Waals surface area contributed by atoms with Crippen LogP contribution < -0.4 is 0 Å². The van der Waals surface area contributed by atoms with Crippen molar-refractivity contribution in [3.8, 4) is 5.95 Å². The molecule has 0 atom stereocenters. The molecule has 0 aliphatic heterocycles. The van der Waals surface area contributed by atoms with Crippen LogP contribution in [0.4, 0.5) is 0 Å². The molecule has 0 spiro atoms. The molecule has 108 valence electrons. The summed E-state index contributed by atoms with van der Waals surface area (Å²) in [7, 11) is 0. The minimum atomic E-state index is 0.164. The van der Waals surface area contributed by atoms with E-state index in [4.69, 9.17) is 11.6 Å². The number of halogens is 1. The third kappa shape index (κ3) is 3.08. The molecule has 0 aromatic carbocycles. The monoisotopic (exact) mass is 303 g/mol. The van der Waals surface area contributed by atoms with Gasteiger partial charge in [0.15, 0.2) is 0 Å². The molecule has 0 saturated heterocycles. The van der Waals surface area contributed by atoms with Gasteiger partial charge >= 0.3 is 0 Å². The number of nitrogens with zero attached hydrogens (tertiary/aromatic N) is 7. The summed E-state index contributed by atoms with van der Waals surface area (Å²) < 4.78 is 3.78. The largest absolute Gasteiger partial charge is 0.335 e. The Morgan fingerprint density at radius 2 is 2.05 bits per heavy atom. The van der Waals surface area contributed by atoms with Crippen molar-refractivity contribution in [2.24, 2.45) is 0 Å². The van der Waals surface area contributed by atoms with Crippen LogP contribution in [0.15, 0.2) is 31.1 Å². The number of imidazole rings is 2. The van der Waals surface area contributed by atoms with Gasteiger partial charge in [-0.1, -0.05) is 6.92 Å². The second-order valence-electron chi connectivity index (χ2n) is 4.50. The van der Waals surface area contributed by atoms with Crippen molar-refractivity contribution in [3.05, 3.63) is 48.0 Å². The molecule has 3 aromatic rings. The van der Waals surface area contributed by atoms with Crippen molar-refractivity contribution in [2.45, 2.75) is 26.3 Å². The minimum absolute atomic E-state index is 0.164. The third-order valence-electron chi connectivity index (χ3n) is 2.96. The second-order valence-corrected chi connectivity index (χ2v) is 4.84. The minimum Gasteiger partial charge on any atom is -0.335 e. The molecule has 0 unspecified atom stereocenters. The fourth-order valence-corrected chi connectivity index (χ4v) is 2.22. The maximum atomic E-state index is 5.98.